The minimum absolute atomic E-state index is 0.163. The second-order valence-electron chi connectivity index (χ2n) is 5.75. The molecule has 1 aromatic heterocycles. The van der Waals surface area contributed by atoms with E-state index in [2.05, 4.69) is 10.6 Å². The Morgan fingerprint density at radius 3 is 2.50 bits per heavy atom. The van der Waals surface area contributed by atoms with Gasteiger partial charge in [-0.1, -0.05) is 33.8 Å². The molecule has 0 spiro atoms. The number of carboxylic acid groups (broad SMARTS) is 1. The predicted octanol–water partition coefficient (Wildman–Crippen LogP) is 2.43. The van der Waals surface area contributed by atoms with Crippen LogP contribution in [0.15, 0.2) is 17.5 Å². The van der Waals surface area contributed by atoms with Gasteiger partial charge in [0.25, 0.3) is 0 Å². The van der Waals surface area contributed by atoms with Crippen LogP contribution in [-0.2, 0) is 10.2 Å². The van der Waals surface area contributed by atoms with Gasteiger partial charge in [0.05, 0.1) is 0 Å². The Labute approximate surface area is 123 Å². The average Bonchev–Trinajstić information content (AvgIpc) is 2.87. The first-order chi connectivity index (χ1) is 9.24. The molecule has 0 aromatic carbocycles. The molecule has 20 heavy (non-hydrogen) atoms. The molecular formula is C14H22N2O3S. The van der Waals surface area contributed by atoms with Crippen LogP contribution in [0, 0.1) is 5.92 Å². The van der Waals surface area contributed by atoms with Crippen LogP contribution < -0.4 is 10.6 Å². The number of rotatable bonds is 6. The van der Waals surface area contributed by atoms with E-state index in [1.807, 2.05) is 31.4 Å². The van der Waals surface area contributed by atoms with Crippen molar-refractivity contribution >= 4 is 23.3 Å². The number of nitrogens with one attached hydrogen (secondary N) is 2. The molecule has 0 aliphatic heterocycles. The fourth-order valence-corrected chi connectivity index (χ4v) is 2.61. The lowest BCUT2D eigenvalue weighted by Crippen LogP contribution is -2.50. The van der Waals surface area contributed by atoms with Gasteiger partial charge in [-0.05, 0) is 17.4 Å². The van der Waals surface area contributed by atoms with Crippen LogP contribution >= 0.6 is 11.3 Å². The van der Waals surface area contributed by atoms with Crippen molar-refractivity contribution in [3.63, 3.8) is 0 Å². The molecule has 0 aliphatic carbocycles. The van der Waals surface area contributed by atoms with Gasteiger partial charge in [0, 0.05) is 16.8 Å². The van der Waals surface area contributed by atoms with Crippen LogP contribution in [0.3, 0.4) is 0 Å². The number of hydrogen-bond donors (Lipinski definition) is 3. The molecule has 0 radical (unpaired) electrons. The molecule has 1 rings (SSSR count). The molecule has 1 atom stereocenters. The van der Waals surface area contributed by atoms with Gasteiger partial charge in [0.2, 0.25) is 0 Å². The number of carbonyl (C=O) groups excluding carboxylic acids is 1. The standard InChI is InChI=1S/C14H22N2O3S/c1-9(2)11(12(17)18)16-13(19)15-8-14(3,4)10-6-5-7-20-10/h5-7,9,11H,8H2,1-4H3,(H,17,18)(H2,15,16,19)/t11-/m0/s1. The highest BCUT2D eigenvalue weighted by Crippen LogP contribution is 2.26. The zero-order valence-electron chi connectivity index (χ0n) is 12.3. The van der Waals surface area contributed by atoms with Gasteiger partial charge < -0.3 is 15.7 Å². The summed E-state index contributed by atoms with van der Waals surface area (Å²) in [6, 6.07) is 2.68. The van der Waals surface area contributed by atoms with Gasteiger partial charge in [0.1, 0.15) is 6.04 Å². The normalized spacial score (nSPS) is 13.1. The molecule has 1 heterocycles. The fraction of sp³-hybridized carbons (Fsp3) is 0.571. The van der Waals surface area contributed by atoms with Crippen LogP contribution in [0.2, 0.25) is 0 Å². The van der Waals surface area contributed by atoms with E-state index < -0.39 is 18.0 Å². The van der Waals surface area contributed by atoms with Crippen molar-refractivity contribution < 1.29 is 14.7 Å². The van der Waals surface area contributed by atoms with Crippen molar-refractivity contribution in [1.29, 1.82) is 0 Å². The highest BCUT2D eigenvalue weighted by atomic mass is 32.1. The van der Waals surface area contributed by atoms with E-state index in [0.717, 1.165) is 0 Å². The van der Waals surface area contributed by atoms with Crippen molar-refractivity contribution in [2.45, 2.75) is 39.2 Å². The number of aliphatic carboxylic acids is 1. The third-order valence-corrected chi connectivity index (χ3v) is 4.33. The van der Waals surface area contributed by atoms with Gasteiger partial charge >= 0.3 is 12.0 Å². The molecule has 112 valence electrons. The SMILES string of the molecule is CC(C)[C@H](NC(=O)NCC(C)(C)c1cccs1)C(=O)O. The molecule has 2 amide bonds. The quantitative estimate of drug-likeness (QED) is 0.754. The van der Waals surface area contributed by atoms with E-state index in [4.69, 9.17) is 5.11 Å². The average molecular weight is 298 g/mol. The summed E-state index contributed by atoms with van der Waals surface area (Å²) in [6.07, 6.45) is 0. The number of thiophene rings is 1. The van der Waals surface area contributed by atoms with E-state index in [1.54, 1.807) is 25.2 Å². The molecule has 3 N–H and O–H groups in total. The summed E-state index contributed by atoms with van der Waals surface area (Å²) in [5, 5.41) is 16.3. The Balaban J connectivity index is 2.53. The Kier molecular flexibility index (Phi) is 5.56. The summed E-state index contributed by atoms with van der Waals surface area (Å²) in [5.41, 5.74) is -0.179. The third-order valence-electron chi connectivity index (χ3n) is 3.10. The maximum absolute atomic E-state index is 11.8. The summed E-state index contributed by atoms with van der Waals surface area (Å²) < 4.78 is 0. The Morgan fingerprint density at radius 1 is 1.40 bits per heavy atom. The number of hydrogen-bond acceptors (Lipinski definition) is 3. The predicted molar refractivity (Wildman–Crippen MR) is 80.1 cm³/mol. The van der Waals surface area contributed by atoms with Crippen molar-refractivity contribution in [2.24, 2.45) is 5.92 Å². The topological polar surface area (TPSA) is 78.4 Å². The largest absolute Gasteiger partial charge is 0.480 e. The fourth-order valence-electron chi connectivity index (χ4n) is 1.76. The second kappa shape index (κ2) is 6.74. The molecule has 0 aliphatic rings. The van der Waals surface area contributed by atoms with E-state index in [9.17, 15) is 9.59 Å². The number of urea groups is 1. The minimum Gasteiger partial charge on any atom is -0.480 e. The summed E-state index contributed by atoms with van der Waals surface area (Å²) >= 11 is 1.64. The first kappa shape index (κ1) is 16.5. The van der Waals surface area contributed by atoms with Crippen molar-refractivity contribution in [2.75, 3.05) is 6.54 Å². The van der Waals surface area contributed by atoms with Crippen LogP contribution in [0.1, 0.15) is 32.6 Å². The smallest absolute Gasteiger partial charge is 0.326 e. The van der Waals surface area contributed by atoms with Gasteiger partial charge in [-0.15, -0.1) is 11.3 Å². The highest BCUT2D eigenvalue weighted by molar-refractivity contribution is 7.10. The van der Waals surface area contributed by atoms with Crippen LogP contribution in [0.25, 0.3) is 0 Å². The van der Waals surface area contributed by atoms with Crippen LogP contribution in [0.5, 0.6) is 0 Å². The van der Waals surface area contributed by atoms with Gasteiger partial charge in [0.15, 0.2) is 0 Å². The van der Waals surface area contributed by atoms with E-state index in [0.29, 0.717) is 6.54 Å². The lowest BCUT2D eigenvalue weighted by Gasteiger charge is -2.25. The number of carbonyl (C=O) groups is 2. The highest BCUT2D eigenvalue weighted by Gasteiger charge is 2.26. The third kappa shape index (κ3) is 4.52. The molecule has 0 saturated heterocycles. The van der Waals surface area contributed by atoms with E-state index >= 15 is 0 Å². The monoisotopic (exact) mass is 298 g/mol. The minimum atomic E-state index is -1.02. The molecule has 6 heteroatoms. The van der Waals surface area contributed by atoms with E-state index in [1.165, 1.54) is 4.88 Å². The maximum atomic E-state index is 11.8. The second-order valence-corrected chi connectivity index (χ2v) is 6.70. The molecular weight excluding hydrogens is 276 g/mol. The lowest BCUT2D eigenvalue weighted by atomic mass is 9.91. The molecule has 0 fully saturated rings. The lowest BCUT2D eigenvalue weighted by molar-refractivity contribution is -0.140. The van der Waals surface area contributed by atoms with Crippen molar-refractivity contribution in [3.05, 3.63) is 22.4 Å². The van der Waals surface area contributed by atoms with Crippen molar-refractivity contribution in [3.8, 4) is 0 Å². The summed E-state index contributed by atoms with van der Waals surface area (Å²) in [4.78, 5) is 24.0. The van der Waals surface area contributed by atoms with Gasteiger partial charge in [-0.3, -0.25) is 0 Å². The molecule has 0 saturated carbocycles. The van der Waals surface area contributed by atoms with Gasteiger partial charge in [-0.25, -0.2) is 9.59 Å². The molecule has 5 nitrogen and oxygen atoms in total. The Morgan fingerprint density at radius 2 is 2.05 bits per heavy atom. The maximum Gasteiger partial charge on any atom is 0.326 e. The van der Waals surface area contributed by atoms with Crippen molar-refractivity contribution in [1.82, 2.24) is 10.6 Å². The van der Waals surface area contributed by atoms with E-state index in [-0.39, 0.29) is 11.3 Å². The first-order valence-electron chi connectivity index (χ1n) is 6.55. The molecule has 1 aromatic rings. The summed E-state index contributed by atoms with van der Waals surface area (Å²) in [6.45, 7) is 8.04. The number of carboxylic acids is 1. The van der Waals surface area contributed by atoms with Crippen LogP contribution in [0.4, 0.5) is 4.79 Å². The Bertz CT molecular complexity index is 455. The first-order valence-corrected chi connectivity index (χ1v) is 7.43. The van der Waals surface area contributed by atoms with Gasteiger partial charge in [-0.2, -0.15) is 0 Å². The van der Waals surface area contributed by atoms with Crippen LogP contribution in [-0.4, -0.2) is 29.7 Å². The summed E-state index contributed by atoms with van der Waals surface area (Å²) in [7, 11) is 0. The zero-order chi connectivity index (χ0) is 15.3. The zero-order valence-corrected chi connectivity index (χ0v) is 13.1. The molecule has 0 unspecified atom stereocenters. The molecule has 0 bridgehead atoms. The Hall–Kier alpha value is -1.56. The number of amides is 2. The summed E-state index contributed by atoms with van der Waals surface area (Å²) in [5.74, 6) is -1.18.